The number of rotatable bonds is 10. The van der Waals surface area contributed by atoms with Crippen LogP contribution in [0.2, 0.25) is 0 Å². The smallest absolute Gasteiger partial charge is 0.119 e. The summed E-state index contributed by atoms with van der Waals surface area (Å²) < 4.78 is 10.9. The Morgan fingerprint density at radius 2 is 1.90 bits per heavy atom. The third kappa shape index (κ3) is 6.10. The standard InChI is InChI=1S/C26H30O3/c1-3-22-14-13-21(18-26(22)27)12-11-20-7-4-8-23(17-20)24-9-5-10-25(19-24)29-16-6-15-28-2/h3-5,7-10,14,17-19,21,27H,1,6,11-13,15-16H2,2H3. The molecule has 0 saturated heterocycles. The summed E-state index contributed by atoms with van der Waals surface area (Å²) in [6.07, 6.45) is 9.57. The molecule has 2 aromatic rings. The minimum absolute atomic E-state index is 0.354. The largest absolute Gasteiger partial charge is 0.508 e. The maximum atomic E-state index is 10.0. The number of aliphatic hydroxyl groups is 1. The Morgan fingerprint density at radius 3 is 2.66 bits per heavy atom. The molecule has 0 radical (unpaired) electrons. The van der Waals surface area contributed by atoms with Crippen LogP contribution in [0.5, 0.6) is 5.75 Å². The molecule has 2 aromatic carbocycles. The summed E-state index contributed by atoms with van der Waals surface area (Å²) in [6.45, 7) is 5.10. The summed E-state index contributed by atoms with van der Waals surface area (Å²) in [7, 11) is 1.70. The molecule has 0 aliphatic heterocycles. The Labute approximate surface area is 174 Å². The van der Waals surface area contributed by atoms with Crippen molar-refractivity contribution in [2.45, 2.75) is 25.7 Å². The van der Waals surface area contributed by atoms with Gasteiger partial charge in [0.2, 0.25) is 0 Å². The van der Waals surface area contributed by atoms with Crippen LogP contribution in [0.1, 0.15) is 24.8 Å². The van der Waals surface area contributed by atoms with E-state index in [4.69, 9.17) is 9.47 Å². The molecular formula is C26H30O3. The zero-order chi connectivity index (χ0) is 20.5. The molecule has 1 aliphatic rings. The Kier molecular flexibility index (Phi) is 7.71. The van der Waals surface area contributed by atoms with Gasteiger partial charge < -0.3 is 14.6 Å². The van der Waals surface area contributed by atoms with E-state index < -0.39 is 0 Å². The summed E-state index contributed by atoms with van der Waals surface area (Å²) in [6, 6.07) is 16.9. The number of hydrogen-bond acceptors (Lipinski definition) is 3. The summed E-state index contributed by atoms with van der Waals surface area (Å²) in [5, 5.41) is 10.0. The average molecular weight is 391 g/mol. The molecule has 0 aromatic heterocycles. The van der Waals surface area contributed by atoms with Crippen LogP contribution in [0.15, 0.2) is 84.7 Å². The molecule has 0 bridgehead atoms. The van der Waals surface area contributed by atoms with Gasteiger partial charge in [0.15, 0.2) is 0 Å². The number of ether oxygens (including phenoxy) is 2. The van der Waals surface area contributed by atoms with E-state index in [-0.39, 0.29) is 0 Å². The van der Waals surface area contributed by atoms with Crippen molar-refractivity contribution in [1.82, 2.24) is 0 Å². The van der Waals surface area contributed by atoms with Gasteiger partial charge in [-0.3, -0.25) is 0 Å². The zero-order valence-electron chi connectivity index (χ0n) is 17.1. The van der Waals surface area contributed by atoms with E-state index in [2.05, 4.69) is 49.1 Å². The first kappa shape index (κ1) is 20.9. The van der Waals surface area contributed by atoms with Crippen LogP contribution in [0, 0.1) is 5.92 Å². The van der Waals surface area contributed by atoms with Crippen molar-refractivity contribution in [2.75, 3.05) is 20.3 Å². The lowest BCUT2D eigenvalue weighted by Gasteiger charge is -2.17. The normalized spacial score (nSPS) is 16.1. The van der Waals surface area contributed by atoms with Crippen LogP contribution in [0.25, 0.3) is 11.1 Å². The first-order chi connectivity index (χ1) is 14.2. The van der Waals surface area contributed by atoms with E-state index >= 15 is 0 Å². The number of allylic oxidation sites excluding steroid dienone is 3. The minimum atomic E-state index is 0.354. The molecule has 0 spiro atoms. The Morgan fingerprint density at radius 1 is 1.10 bits per heavy atom. The van der Waals surface area contributed by atoms with Gasteiger partial charge in [-0.2, -0.15) is 0 Å². The molecule has 3 heteroatoms. The monoisotopic (exact) mass is 390 g/mol. The molecule has 0 heterocycles. The van der Waals surface area contributed by atoms with Crippen molar-refractivity contribution in [1.29, 1.82) is 0 Å². The van der Waals surface area contributed by atoms with Crippen molar-refractivity contribution < 1.29 is 14.6 Å². The Hall–Kier alpha value is -2.78. The van der Waals surface area contributed by atoms with E-state index in [0.717, 1.165) is 42.6 Å². The lowest BCUT2D eigenvalue weighted by Crippen LogP contribution is -2.05. The Balaban J connectivity index is 1.61. The maximum Gasteiger partial charge on any atom is 0.119 e. The highest BCUT2D eigenvalue weighted by Crippen LogP contribution is 2.28. The predicted molar refractivity (Wildman–Crippen MR) is 119 cm³/mol. The van der Waals surface area contributed by atoms with Crippen LogP contribution < -0.4 is 4.74 Å². The number of benzene rings is 2. The second-order valence-corrected chi connectivity index (χ2v) is 7.37. The van der Waals surface area contributed by atoms with E-state index in [9.17, 15) is 5.11 Å². The van der Waals surface area contributed by atoms with Gasteiger partial charge >= 0.3 is 0 Å². The minimum Gasteiger partial charge on any atom is -0.508 e. The van der Waals surface area contributed by atoms with Crippen LogP contribution in [0.4, 0.5) is 0 Å². The van der Waals surface area contributed by atoms with Gasteiger partial charge in [0.1, 0.15) is 11.5 Å². The predicted octanol–water partition coefficient (Wildman–Crippen LogP) is 6.28. The summed E-state index contributed by atoms with van der Waals surface area (Å²) in [4.78, 5) is 0. The van der Waals surface area contributed by atoms with Gasteiger partial charge in [0.05, 0.1) is 6.61 Å². The van der Waals surface area contributed by atoms with Crippen molar-refractivity contribution in [3.05, 3.63) is 90.2 Å². The molecule has 1 unspecified atom stereocenters. The molecule has 3 rings (SSSR count). The summed E-state index contributed by atoms with van der Waals surface area (Å²) >= 11 is 0. The zero-order valence-corrected chi connectivity index (χ0v) is 17.1. The number of methoxy groups -OCH3 is 1. The van der Waals surface area contributed by atoms with Crippen LogP contribution >= 0.6 is 0 Å². The lowest BCUT2D eigenvalue weighted by atomic mass is 9.89. The molecule has 0 amide bonds. The first-order valence-corrected chi connectivity index (χ1v) is 10.2. The van der Waals surface area contributed by atoms with Crippen molar-refractivity contribution in [3.8, 4) is 16.9 Å². The second kappa shape index (κ2) is 10.7. The van der Waals surface area contributed by atoms with Gasteiger partial charge in [-0.25, -0.2) is 0 Å². The summed E-state index contributed by atoms with van der Waals surface area (Å²) in [5.41, 5.74) is 4.50. The van der Waals surface area contributed by atoms with Gasteiger partial charge in [-0.15, -0.1) is 0 Å². The molecule has 152 valence electrons. The van der Waals surface area contributed by atoms with Crippen LogP contribution in [-0.4, -0.2) is 25.4 Å². The maximum absolute atomic E-state index is 10.0. The van der Waals surface area contributed by atoms with Gasteiger partial charge in [-0.1, -0.05) is 55.1 Å². The third-order valence-electron chi connectivity index (χ3n) is 5.21. The number of aliphatic hydroxyl groups excluding tert-OH is 1. The molecule has 29 heavy (non-hydrogen) atoms. The molecule has 1 atom stereocenters. The highest BCUT2D eigenvalue weighted by atomic mass is 16.5. The van der Waals surface area contributed by atoms with Crippen LogP contribution in [0.3, 0.4) is 0 Å². The number of hydrogen-bond donors (Lipinski definition) is 1. The lowest BCUT2D eigenvalue weighted by molar-refractivity contribution is 0.172. The SMILES string of the molecule is C=CC1=CCC(CCc2cccc(-c3cccc(OCCCOC)c3)c2)C=C1O. The second-order valence-electron chi connectivity index (χ2n) is 7.37. The fraction of sp³-hybridized carbons (Fsp3) is 0.308. The molecule has 0 saturated carbocycles. The van der Waals surface area contributed by atoms with E-state index in [1.807, 2.05) is 18.2 Å². The molecule has 1 N–H and O–H groups in total. The highest BCUT2D eigenvalue weighted by Gasteiger charge is 2.13. The van der Waals surface area contributed by atoms with E-state index in [0.29, 0.717) is 24.9 Å². The highest BCUT2D eigenvalue weighted by molar-refractivity contribution is 5.65. The topological polar surface area (TPSA) is 38.7 Å². The third-order valence-corrected chi connectivity index (χ3v) is 5.21. The molecule has 1 aliphatic carbocycles. The fourth-order valence-electron chi connectivity index (χ4n) is 3.58. The van der Waals surface area contributed by atoms with Crippen molar-refractivity contribution >= 4 is 0 Å². The summed E-state index contributed by atoms with van der Waals surface area (Å²) in [5.74, 6) is 1.61. The van der Waals surface area contributed by atoms with Gasteiger partial charge in [0, 0.05) is 25.7 Å². The molecule has 0 fully saturated rings. The van der Waals surface area contributed by atoms with E-state index in [1.165, 1.54) is 11.1 Å². The van der Waals surface area contributed by atoms with Gasteiger partial charge in [-0.05, 0) is 60.1 Å². The van der Waals surface area contributed by atoms with Crippen molar-refractivity contribution in [3.63, 3.8) is 0 Å². The average Bonchev–Trinajstić information content (AvgIpc) is 2.76. The number of aryl methyl sites for hydroxylation is 1. The first-order valence-electron chi connectivity index (χ1n) is 10.2. The van der Waals surface area contributed by atoms with Crippen molar-refractivity contribution in [2.24, 2.45) is 5.92 Å². The Bertz CT molecular complexity index is 879. The molecular weight excluding hydrogens is 360 g/mol. The molecule has 3 nitrogen and oxygen atoms in total. The van der Waals surface area contributed by atoms with Crippen LogP contribution in [-0.2, 0) is 11.2 Å². The fourth-order valence-corrected chi connectivity index (χ4v) is 3.58. The van der Waals surface area contributed by atoms with E-state index in [1.54, 1.807) is 13.2 Å². The quantitative estimate of drug-likeness (QED) is 0.486. The van der Waals surface area contributed by atoms with Gasteiger partial charge in [0.25, 0.3) is 0 Å².